The van der Waals surface area contributed by atoms with Gasteiger partial charge in [-0.15, -0.1) is 0 Å². The van der Waals surface area contributed by atoms with Crippen LogP contribution in [0.2, 0.25) is 5.02 Å². The molecule has 0 N–H and O–H groups in total. The zero-order valence-corrected chi connectivity index (χ0v) is 9.36. The molecule has 1 heterocycles. The molecule has 0 aliphatic heterocycles. The Morgan fingerprint density at radius 1 is 1.59 bits per heavy atom. The van der Waals surface area contributed by atoms with Crippen molar-refractivity contribution in [2.24, 2.45) is 0 Å². The number of halogens is 2. The lowest BCUT2D eigenvalue weighted by atomic mass is 10.1. The second-order valence-corrected chi connectivity index (χ2v) is 3.54. The Hall–Kier alpha value is -1.95. The van der Waals surface area contributed by atoms with Crippen LogP contribution >= 0.6 is 11.6 Å². The van der Waals surface area contributed by atoms with Gasteiger partial charge in [0.2, 0.25) is 11.6 Å². The number of hydrogen-bond acceptors (Lipinski definition) is 4. The molecular formula is C10H6ClFN2O3. The highest BCUT2D eigenvalue weighted by Crippen LogP contribution is 2.41. The largest absolute Gasteiger partial charge is 0.489 e. The number of nitro benzene ring substituents is 1. The van der Waals surface area contributed by atoms with E-state index in [0.717, 1.165) is 0 Å². The summed E-state index contributed by atoms with van der Waals surface area (Å²) < 4.78 is 18.6. The Labute approximate surface area is 99.9 Å². The van der Waals surface area contributed by atoms with Gasteiger partial charge in [0, 0.05) is 11.6 Å². The van der Waals surface area contributed by atoms with Crippen molar-refractivity contribution in [2.45, 2.75) is 0 Å². The lowest BCUT2D eigenvalue weighted by molar-refractivity contribution is -0.388. The van der Waals surface area contributed by atoms with Gasteiger partial charge in [-0.1, -0.05) is 11.6 Å². The van der Waals surface area contributed by atoms with Gasteiger partial charge >= 0.3 is 5.69 Å². The number of pyridine rings is 1. The fourth-order valence-electron chi connectivity index (χ4n) is 1.55. The number of methoxy groups -OCH3 is 1. The van der Waals surface area contributed by atoms with Gasteiger partial charge in [0.25, 0.3) is 0 Å². The van der Waals surface area contributed by atoms with E-state index in [1.807, 2.05) is 0 Å². The maximum atomic E-state index is 13.7. The molecule has 0 aliphatic carbocycles. The number of benzene rings is 1. The maximum absolute atomic E-state index is 13.7. The SMILES string of the molecule is COc1c([N+](=O)[O-])c(F)c(Cl)c2cccnc12. The van der Waals surface area contributed by atoms with Crippen molar-refractivity contribution in [1.29, 1.82) is 0 Å². The normalized spacial score (nSPS) is 10.5. The van der Waals surface area contributed by atoms with E-state index in [2.05, 4.69) is 4.98 Å². The molecular weight excluding hydrogens is 251 g/mol. The Kier molecular flexibility index (Phi) is 2.81. The first-order valence-electron chi connectivity index (χ1n) is 4.52. The van der Waals surface area contributed by atoms with Crippen molar-refractivity contribution in [3.05, 3.63) is 39.3 Å². The molecule has 0 spiro atoms. The number of nitro groups is 1. The minimum absolute atomic E-state index is 0.160. The summed E-state index contributed by atoms with van der Waals surface area (Å²) in [6.07, 6.45) is 1.42. The van der Waals surface area contributed by atoms with Gasteiger partial charge in [0.05, 0.1) is 17.1 Å². The third kappa shape index (κ3) is 1.66. The highest BCUT2D eigenvalue weighted by Gasteiger charge is 2.28. The molecule has 0 unspecified atom stereocenters. The van der Waals surface area contributed by atoms with Crippen LogP contribution in [0, 0.1) is 15.9 Å². The number of hydrogen-bond donors (Lipinski definition) is 0. The molecule has 0 saturated carbocycles. The van der Waals surface area contributed by atoms with E-state index >= 15 is 0 Å². The number of nitrogens with zero attached hydrogens (tertiary/aromatic N) is 2. The quantitative estimate of drug-likeness (QED) is 0.612. The van der Waals surface area contributed by atoms with Crippen LogP contribution in [0.4, 0.5) is 10.1 Å². The minimum atomic E-state index is -1.12. The van der Waals surface area contributed by atoms with Gasteiger partial charge in [0.1, 0.15) is 5.52 Å². The predicted octanol–water partition coefficient (Wildman–Crippen LogP) is 2.94. The molecule has 0 amide bonds. The third-order valence-electron chi connectivity index (χ3n) is 2.26. The predicted molar refractivity (Wildman–Crippen MR) is 59.9 cm³/mol. The molecule has 0 aliphatic rings. The number of aromatic nitrogens is 1. The van der Waals surface area contributed by atoms with E-state index < -0.39 is 16.4 Å². The van der Waals surface area contributed by atoms with Gasteiger partial charge < -0.3 is 4.74 Å². The number of ether oxygens (including phenoxy) is 1. The molecule has 0 saturated heterocycles. The number of fused-ring (bicyclic) bond motifs is 1. The van der Waals surface area contributed by atoms with Crippen LogP contribution in [0.15, 0.2) is 18.3 Å². The van der Waals surface area contributed by atoms with Crippen LogP contribution in [0.25, 0.3) is 10.9 Å². The minimum Gasteiger partial charge on any atom is -0.489 e. The summed E-state index contributed by atoms with van der Waals surface area (Å²) in [5, 5.41) is 10.7. The monoisotopic (exact) mass is 256 g/mol. The average molecular weight is 257 g/mol. The van der Waals surface area contributed by atoms with Crippen LogP contribution in [0.3, 0.4) is 0 Å². The maximum Gasteiger partial charge on any atom is 0.350 e. The van der Waals surface area contributed by atoms with Gasteiger partial charge in [-0.3, -0.25) is 15.1 Å². The molecule has 0 atom stereocenters. The van der Waals surface area contributed by atoms with Crippen LogP contribution in [-0.4, -0.2) is 17.0 Å². The van der Waals surface area contributed by atoms with Crippen molar-refractivity contribution in [1.82, 2.24) is 4.98 Å². The Bertz CT molecular complexity index is 618. The second kappa shape index (κ2) is 4.14. The van der Waals surface area contributed by atoms with Crippen molar-refractivity contribution < 1.29 is 14.1 Å². The first-order valence-corrected chi connectivity index (χ1v) is 4.89. The van der Waals surface area contributed by atoms with E-state index in [0.29, 0.717) is 0 Å². The summed E-state index contributed by atoms with van der Waals surface area (Å²) in [5.74, 6) is -1.35. The third-order valence-corrected chi connectivity index (χ3v) is 2.63. The highest BCUT2D eigenvalue weighted by molar-refractivity contribution is 6.36. The van der Waals surface area contributed by atoms with Gasteiger partial charge in [0.15, 0.2) is 0 Å². The standard InChI is InChI=1S/C10H6ClFN2O3/c1-17-10-8-5(3-2-4-13-8)6(11)7(12)9(10)14(15)16/h2-4H,1H3. The van der Waals surface area contributed by atoms with Crippen molar-refractivity contribution in [3.8, 4) is 5.75 Å². The molecule has 2 rings (SSSR count). The van der Waals surface area contributed by atoms with Crippen LogP contribution in [-0.2, 0) is 0 Å². The zero-order chi connectivity index (χ0) is 12.6. The van der Waals surface area contributed by atoms with E-state index in [1.54, 1.807) is 6.07 Å². The van der Waals surface area contributed by atoms with E-state index in [-0.39, 0.29) is 21.7 Å². The van der Waals surface area contributed by atoms with Crippen molar-refractivity contribution >= 4 is 28.2 Å². The van der Waals surface area contributed by atoms with E-state index in [4.69, 9.17) is 16.3 Å². The van der Waals surface area contributed by atoms with Crippen molar-refractivity contribution in [3.63, 3.8) is 0 Å². The van der Waals surface area contributed by atoms with Crippen LogP contribution < -0.4 is 4.74 Å². The molecule has 17 heavy (non-hydrogen) atoms. The van der Waals surface area contributed by atoms with Gasteiger partial charge in [-0.05, 0) is 12.1 Å². The summed E-state index contributed by atoms with van der Waals surface area (Å²) in [4.78, 5) is 13.8. The van der Waals surface area contributed by atoms with Crippen molar-refractivity contribution in [2.75, 3.05) is 7.11 Å². The average Bonchev–Trinajstić information content (AvgIpc) is 2.33. The van der Waals surface area contributed by atoms with Gasteiger partial charge in [-0.2, -0.15) is 4.39 Å². The molecule has 5 nitrogen and oxygen atoms in total. The second-order valence-electron chi connectivity index (χ2n) is 3.17. The summed E-state index contributed by atoms with van der Waals surface area (Å²) in [6, 6.07) is 3.07. The Balaban J connectivity index is 3.00. The van der Waals surface area contributed by atoms with Gasteiger partial charge in [-0.25, -0.2) is 0 Å². The zero-order valence-electron chi connectivity index (χ0n) is 8.61. The molecule has 0 fully saturated rings. The summed E-state index contributed by atoms with van der Waals surface area (Å²) >= 11 is 5.73. The topological polar surface area (TPSA) is 65.3 Å². The highest BCUT2D eigenvalue weighted by atomic mass is 35.5. The van der Waals surface area contributed by atoms with Crippen LogP contribution in [0.5, 0.6) is 5.75 Å². The van der Waals surface area contributed by atoms with Crippen LogP contribution in [0.1, 0.15) is 0 Å². The molecule has 7 heteroatoms. The molecule has 1 aromatic carbocycles. The number of rotatable bonds is 2. The Morgan fingerprint density at radius 3 is 2.88 bits per heavy atom. The smallest absolute Gasteiger partial charge is 0.350 e. The summed E-state index contributed by atoms with van der Waals surface area (Å²) in [7, 11) is 1.21. The lowest BCUT2D eigenvalue weighted by Crippen LogP contribution is -2.00. The first-order chi connectivity index (χ1) is 8.07. The van der Waals surface area contributed by atoms with E-state index in [9.17, 15) is 14.5 Å². The fraction of sp³-hybridized carbons (Fsp3) is 0.100. The molecule has 2 aromatic rings. The molecule has 0 radical (unpaired) electrons. The summed E-state index contributed by atoms with van der Waals surface area (Å²) in [6.45, 7) is 0. The molecule has 0 bridgehead atoms. The first kappa shape index (κ1) is 11.5. The Morgan fingerprint density at radius 2 is 2.29 bits per heavy atom. The molecule has 1 aromatic heterocycles. The molecule has 88 valence electrons. The fourth-order valence-corrected chi connectivity index (χ4v) is 1.80. The lowest BCUT2D eigenvalue weighted by Gasteiger charge is -2.07. The summed E-state index contributed by atoms with van der Waals surface area (Å²) in [5.41, 5.74) is -0.642. The van der Waals surface area contributed by atoms with E-state index in [1.165, 1.54) is 19.4 Å².